The lowest BCUT2D eigenvalue weighted by Gasteiger charge is -2.33. The van der Waals surface area contributed by atoms with Crippen molar-refractivity contribution in [1.29, 1.82) is 0 Å². The number of rotatable bonds is 6. The highest BCUT2D eigenvalue weighted by Crippen LogP contribution is 2.27. The van der Waals surface area contributed by atoms with E-state index in [0.717, 1.165) is 24.9 Å². The molecule has 0 aliphatic rings. The molecule has 0 amide bonds. The normalized spacial score (nSPS) is 11.3. The first-order valence-corrected chi connectivity index (χ1v) is 6.39. The molecule has 4 nitrogen and oxygen atoms in total. The molecular formula is C14H22N2O2. The number of aromatic carboxylic acids is 1. The fourth-order valence-corrected chi connectivity index (χ4v) is 2.14. The van der Waals surface area contributed by atoms with E-state index in [-0.39, 0.29) is 11.1 Å². The summed E-state index contributed by atoms with van der Waals surface area (Å²) in [6, 6.07) is 5.07. The molecule has 0 saturated carbocycles. The van der Waals surface area contributed by atoms with Crippen LogP contribution in [0.5, 0.6) is 0 Å². The molecule has 0 fully saturated rings. The minimum Gasteiger partial charge on any atom is -0.478 e. The monoisotopic (exact) mass is 250 g/mol. The number of nitrogens with two attached hydrogens (primary N) is 1. The topological polar surface area (TPSA) is 75.3 Å². The smallest absolute Gasteiger partial charge is 0.337 e. The second-order valence-corrected chi connectivity index (χ2v) is 4.57. The summed E-state index contributed by atoms with van der Waals surface area (Å²) in [6.45, 7) is 6.40. The Balaban J connectivity index is 3.04. The maximum Gasteiger partial charge on any atom is 0.337 e. The molecule has 0 saturated heterocycles. The predicted octanol–water partition coefficient (Wildman–Crippen LogP) is 3.35. The molecule has 0 spiro atoms. The Bertz CT molecular complexity index is 418. The zero-order chi connectivity index (χ0) is 13.8. The van der Waals surface area contributed by atoms with Crippen LogP contribution in [0.2, 0.25) is 0 Å². The van der Waals surface area contributed by atoms with Crippen molar-refractivity contribution >= 4 is 17.3 Å². The van der Waals surface area contributed by atoms with Gasteiger partial charge in [0.1, 0.15) is 0 Å². The number of nitrogen functional groups attached to an aromatic ring is 1. The van der Waals surface area contributed by atoms with Crippen LogP contribution < -0.4 is 11.1 Å². The largest absolute Gasteiger partial charge is 0.478 e. The summed E-state index contributed by atoms with van der Waals surface area (Å²) in [5, 5.41) is 12.5. The quantitative estimate of drug-likeness (QED) is 0.677. The molecule has 4 heteroatoms. The molecular weight excluding hydrogens is 228 g/mol. The third-order valence-electron chi connectivity index (χ3n) is 3.72. The summed E-state index contributed by atoms with van der Waals surface area (Å²) in [5.74, 6) is -0.994. The number of nitrogens with one attached hydrogen (secondary N) is 1. The van der Waals surface area contributed by atoms with Gasteiger partial charge in [-0.3, -0.25) is 0 Å². The average molecular weight is 250 g/mol. The third-order valence-corrected chi connectivity index (χ3v) is 3.72. The number of carboxylic acid groups (broad SMARTS) is 1. The fraction of sp³-hybridized carbons (Fsp3) is 0.500. The van der Waals surface area contributed by atoms with Crippen LogP contribution in [-0.2, 0) is 0 Å². The van der Waals surface area contributed by atoms with Gasteiger partial charge in [-0.2, -0.15) is 0 Å². The van der Waals surface area contributed by atoms with Gasteiger partial charge in [0.05, 0.1) is 5.56 Å². The summed E-state index contributed by atoms with van der Waals surface area (Å²) >= 11 is 0. The van der Waals surface area contributed by atoms with Crippen LogP contribution in [0.25, 0.3) is 0 Å². The van der Waals surface area contributed by atoms with E-state index in [4.69, 9.17) is 10.8 Å². The van der Waals surface area contributed by atoms with Gasteiger partial charge in [0.2, 0.25) is 0 Å². The first-order chi connectivity index (χ1) is 8.48. The molecule has 1 rings (SSSR count). The molecule has 0 unspecified atom stereocenters. The average Bonchev–Trinajstić information content (AvgIpc) is 2.38. The molecule has 0 radical (unpaired) electrons. The van der Waals surface area contributed by atoms with Gasteiger partial charge in [-0.25, -0.2) is 4.79 Å². The second kappa shape index (κ2) is 5.76. The van der Waals surface area contributed by atoms with Crippen molar-refractivity contribution in [2.24, 2.45) is 0 Å². The highest BCUT2D eigenvalue weighted by molar-refractivity contribution is 5.94. The molecule has 0 aromatic heterocycles. The van der Waals surface area contributed by atoms with Crippen molar-refractivity contribution in [3.63, 3.8) is 0 Å². The Labute approximate surface area is 108 Å². The molecule has 0 bridgehead atoms. The van der Waals surface area contributed by atoms with Gasteiger partial charge in [-0.05, 0) is 37.5 Å². The Kier molecular flexibility index (Phi) is 4.59. The second-order valence-electron chi connectivity index (χ2n) is 4.57. The standard InChI is InChI=1S/C14H22N2O2/c1-4-14(5-2,6-3)16-10-7-8-12(15)11(9-10)13(17)18/h7-9,16H,4-6,15H2,1-3H3,(H,17,18). The Morgan fingerprint density at radius 2 is 1.83 bits per heavy atom. The lowest BCUT2D eigenvalue weighted by atomic mass is 9.89. The minimum absolute atomic E-state index is 0.0197. The lowest BCUT2D eigenvalue weighted by Crippen LogP contribution is -2.36. The van der Waals surface area contributed by atoms with Crippen LogP contribution in [0, 0.1) is 0 Å². The van der Waals surface area contributed by atoms with E-state index in [9.17, 15) is 4.79 Å². The van der Waals surface area contributed by atoms with Crippen molar-refractivity contribution in [1.82, 2.24) is 0 Å². The van der Waals surface area contributed by atoms with Gasteiger partial charge >= 0.3 is 5.97 Å². The summed E-state index contributed by atoms with van der Waals surface area (Å²) < 4.78 is 0. The van der Waals surface area contributed by atoms with Crippen LogP contribution in [-0.4, -0.2) is 16.6 Å². The Morgan fingerprint density at radius 1 is 1.28 bits per heavy atom. The van der Waals surface area contributed by atoms with Crippen LogP contribution in [0.3, 0.4) is 0 Å². The molecule has 1 aromatic carbocycles. The van der Waals surface area contributed by atoms with Gasteiger partial charge < -0.3 is 16.2 Å². The van der Waals surface area contributed by atoms with E-state index in [2.05, 4.69) is 26.1 Å². The molecule has 0 atom stereocenters. The third kappa shape index (κ3) is 2.94. The molecule has 18 heavy (non-hydrogen) atoms. The van der Waals surface area contributed by atoms with Crippen molar-refractivity contribution in [3.05, 3.63) is 23.8 Å². The SMILES string of the molecule is CCC(CC)(CC)Nc1ccc(N)c(C(=O)O)c1. The summed E-state index contributed by atoms with van der Waals surface area (Å²) in [4.78, 5) is 11.0. The molecule has 0 aliphatic heterocycles. The number of hydrogen-bond donors (Lipinski definition) is 3. The zero-order valence-corrected chi connectivity index (χ0v) is 11.3. The first-order valence-electron chi connectivity index (χ1n) is 6.39. The van der Waals surface area contributed by atoms with Crippen LogP contribution in [0.15, 0.2) is 18.2 Å². The van der Waals surface area contributed by atoms with Crippen molar-refractivity contribution in [2.45, 2.75) is 45.6 Å². The summed E-state index contributed by atoms with van der Waals surface area (Å²) in [7, 11) is 0. The van der Waals surface area contributed by atoms with E-state index in [1.54, 1.807) is 12.1 Å². The first kappa shape index (κ1) is 14.4. The Hall–Kier alpha value is -1.71. The van der Waals surface area contributed by atoms with Crippen LogP contribution in [0.4, 0.5) is 11.4 Å². The molecule has 1 aromatic rings. The van der Waals surface area contributed by atoms with Gasteiger partial charge in [0.25, 0.3) is 0 Å². The number of carbonyl (C=O) groups is 1. The van der Waals surface area contributed by atoms with Gasteiger partial charge in [-0.1, -0.05) is 20.8 Å². The zero-order valence-electron chi connectivity index (χ0n) is 11.3. The molecule has 100 valence electrons. The molecule has 4 N–H and O–H groups in total. The molecule has 0 aliphatic carbocycles. The summed E-state index contributed by atoms with van der Waals surface area (Å²) in [5.41, 5.74) is 6.92. The number of carboxylic acids is 1. The maximum atomic E-state index is 11.0. The predicted molar refractivity (Wildman–Crippen MR) is 75.0 cm³/mol. The van der Waals surface area contributed by atoms with Gasteiger partial charge in [0, 0.05) is 16.9 Å². The van der Waals surface area contributed by atoms with Crippen LogP contribution >= 0.6 is 0 Å². The number of hydrogen-bond acceptors (Lipinski definition) is 3. The van der Waals surface area contributed by atoms with Crippen molar-refractivity contribution in [3.8, 4) is 0 Å². The van der Waals surface area contributed by atoms with E-state index >= 15 is 0 Å². The Morgan fingerprint density at radius 3 is 2.28 bits per heavy atom. The van der Waals surface area contributed by atoms with Gasteiger partial charge in [0.15, 0.2) is 0 Å². The lowest BCUT2D eigenvalue weighted by molar-refractivity contribution is 0.0698. The van der Waals surface area contributed by atoms with E-state index in [1.165, 1.54) is 0 Å². The van der Waals surface area contributed by atoms with E-state index in [0.29, 0.717) is 5.69 Å². The maximum absolute atomic E-state index is 11.0. The van der Waals surface area contributed by atoms with Crippen LogP contribution in [0.1, 0.15) is 50.4 Å². The van der Waals surface area contributed by atoms with E-state index < -0.39 is 5.97 Å². The summed E-state index contributed by atoms with van der Waals surface area (Å²) in [6.07, 6.45) is 2.98. The van der Waals surface area contributed by atoms with Gasteiger partial charge in [-0.15, -0.1) is 0 Å². The minimum atomic E-state index is -0.994. The highest BCUT2D eigenvalue weighted by Gasteiger charge is 2.23. The highest BCUT2D eigenvalue weighted by atomic mass is 16.4. The molecule has 0 heterocycles. The fourth-order valence-electron chi connectivity index (χ4n) is 2.14. The van der Waals surface area contributed by atoms with Crippen molar-refractivity contribution < 1.29 is 9.90 Å². The number of benzene rings is 1. The number of anilines is 2. The van der Waals surface area contributed by atoms with Crippen molar-refractivity contribution in [2.75, 3.05) is 11.1 Å². The van der Waals surface area contributed by atoms with E-state index in [1.807, 2.05) is 6.07 Å².